The van der Waals surface area contributed by atoms with Crippen molar-refractivity contribution >= 4 is 0 Å². The lowest BCUT2D eigenvalue weighted by molar-refractivity contribution is 0.142. The molecule has 1 fully saturated rings. The minimum Gasteiger partial charge on any atom is -0.325 e. The molecule has 3 heteroatoms. The highest BCUT2D eigenvalue weighted by Gasteiger charge is 2.23. The van der Waals surface area contributed by atoms with Crippen molar-refractivity contribution < 1.29 is 0 Å². The molecule has 1 heterocycles. The summed E-state index contributed by atoms with van der Waals surface area (Å²) in [5.74, 6) is 0. The van der Waals surface area contributed by atoms with Gasteiger partial charge in [0.05, 0.1) is 11.6 Å². The molecule has 1 aromatic rings. The quantitative estimate of drug-likeness (QED) is 0.741. The summed E-state index contributed by atoms with van der Waals surface area (Å²) in [5, 5.41) is 8.88. The highest BCUT2D eigenvalue weighted by Crippen LogP contribution is 2.14. The second-order valence-electron chi connectivity index (χ2n) is 3.72. The third kappa shape index (κ3) is 1.77. The molecule has 1 aliphatic heterocycles. The van der Waals surface area contributed by atoms with E-state index in [2.05, 4.69) is 11.0 Å². The fourth-order valence-electron chi connectivity index (χ4n) is 1.75. The third-order valence-corrected chi connectivity index (χ3v) is 2.52. The third-order valence-electron chi connectivity index (χ3n) is 2.52. The van der Waals surface area contributed by atoms with Gasteiger partial charge in [-0.15, -0.1) is 0 Å². The topological polar surface area (TPSA) is 53.0 Å². The number of nitriles is 1. The molecule has 0 aromatic heterocycles. The largest absolute Gasteiger partial charge is 0.325 e. The summed E-state index contributed by atoms with van der Waals surface area (Å²) in [5.41, 5.74) is 7.56. The Hall–Kier alpha value is -1.37. The SMILES string of the molecule is N#Cc1ccccc1CN1CC(N)C1. The maximum absolute atomic E-state index is 8.88. The second kappa shape index (κ2) is 3.79. The van der Waals surface area contributed by atoms with E-state index in [9.17, 15) is 0 Å². The van der Waals surface area contributed by atoms with Crippen molar-refractivity contribution in [3.63, 3.8) is 0 Å². The van der Waals surface area contributed by atoms with Gasteiger partial charge in [-0.3, -0.25) is 4.90 Å². The Morgan fingerprint density at radius 1 is 1.43 bits per heavy atom. The molecular formula is C11H13N3. The summed E-state index contributed by atoms with van der Waals surface area (Å²) in [6.07, 6.45) is 0. The molecule has 14 heavy (non-hydrogen) atoms. The molecule has 0 amide bonds. The van der Waals surface area contributed by atoms with Gasteiger partial charge >= 0.3 is 0 Å². The van der Waals surface area contributed by atoms with E-state index in [1.807, 2.05) is 24.3 Å². The molecule has 0 radical (unpaired) electrons. The Balaban J connectivity index is 2.06. The summed E-state index contributed by atoms with van der Waals surface area (Å²) in [4.78, 5) is 2.25. The molecule has 2 rings (SSSR count). The first-order valence-corrected chi connectivity index (χ1v) is 4.75. The van der Waals surface area contributed by atoms with Crippen LogP contribution in [0, 0.1) is 11.3 Å². The van der Waals surface area contributed by atoms with Crippen LogP contribution >= 0.6 is 0 Å². The van der Waals surface area contributed by atoms with Gasteiger partial charge in [0.25, 0.3) is 0 Å². The van der Waals surface area contributed by atoms with Crippen LogP contribution in [0.4, 0.5) is 0 Å². The Kier molecular flexibility index (Phi) is 2.49. The van der Waals surface area contributed by atoms with E-state index in [1.165, 1.54) is 0 Å². The fraction of sp³-hybridized carbons (Fsp3) is 0.364. The van der Waals surface area contributed by atoms with E-state index in [4.69, 9.17) is 11.0 Å². The predicted octanol–water partition coefficient (Wildman–Crippen LogP) is 0.701. The van der Waals surface area contributed by atoms with Gasteiger partial charge in [0.1, 0.15) is 0 Å². The van der Waals surface area contributed by atoms with Crippen molar-refractivity contribution in [3.8, 4) is 6.07 Å². The molecule has 2 N–H and O–H groups in total. The number of nitrogens with two attached hydrogens (primary N) is 1. The number of hydrogen-bond donors (Lipinski definition) is 1. The van der Waals surface area contributed by atoms with Crippen LogP contribution in [0.5, 0.6) is 0 Å². The Bertz CT molecular complexity index is 361. The van der Waals surface area contributed by atoms with Crippen molar-refractivity contribution in [3.05, 3.63) is 35.4 Å². The van der Waals surface area contributed by atoms with E-state index < -0.39 is 0 Å². The van der Waals surface area contributed by atoms with E-state index in [-0.39, 0.29) is 0 Å². The Labute approximate surface area is 83.7 Å². The van der Waals surface area contributed by atoms with Crippen molar-refractivity contribution in [2.45, 2.75) is 12.6 Å². The van der Waals surface area contributed by atoms with Gasteiger partial charge in [-0.05, 0) is 11.6 Å². The van der Waals surface area contributed by atoms with Crippen LogP contribution in [0.3, 0.4) is 0 Å². The van der Waals surface area contributed by atoms with Gasteiger partial charge in [-0.2, -0.15) is 5.26 Å². The zero-order valence-corrected chi connectivity index (χ0v) is 7.98. The first-order valence-electron chi connectivity index (χ1n) is 4.75. The van der Waals surface area contributed by atoms with Gasteiger partial charge in [-0.1, -0.05) is 18.2 Å². The highest BCUT2D eigenvalue weighted by atomic mass is 15.2. The average Bonchev–Trinajstić information content (AvgIpc) is 2.16. The smallest absolute Gasteiger partial charge is 0.0995 e. The zero-order valence-electron chi connectivity index (χ0n) is 7.98. The summed E-state index contributed by atoms with van der Waals surface area (Å²) in [6, 6.07) is 10.2. The van der Waals surface area contributed by atoms with E-state index in [0.29, 0.717) is 6.04 Å². The van der Waals surface area contributed by atoms with Gasteiger partial charge in [-0.25, -0.2) is 0 Å². The maximum Gasteiger partial charge on any atom is 0.0995 e. The van der Waals surface area contributed by atoms with Crippen molar-refractivity contribution in [1.82, 2.24) is 4.90 Å². The standard InChI is InChI=1S/C11H13N3/c12-5-9-3-1-2-4-10(9)6-14-7-11(13)8-14/h1-4,11H,6-8,13H2. The summed E-state index contributed by atoms with van der Waals surface area (Å²) >= 11 is 0. The van der Waals surface area contributed by atoms with Crippen LogP contribution in [0.25, 0.3) is 0 Å². The van der Waals surface area contributed by atoms with Crippen molar-refractivity contribution in [1.29, 1.82) is 5.26 Å². The summed E-state index contributed by atoms with van der Waals surface area (Å²) < 4.78 is 0. The predicted molar refractivity (Wildman–Crippen MR) is 54.4 cm³/mol. The van der Waals surface area contributed by atoms with Gasteiger partial charge in [0, 0.05) is 25.7 Å². The van der Waals surface area contributed by atoms with Crippen LogP contribution in [-0.2, 0) is 6.54 Å². The first kappa shape index (κ1) is 9.20. The number of likely N-dealkylation sites (tertiary alicyclic amines) is 1. The fourth-order valence-corrected chi connectivity index (χ4v) is 1.75. The summed E-state index contributed by atoms with van der Waals surface area (Å²) in [7, 11) is 0. The Morgan fingerprint density at radius 2 is 2.14 bits per heavy atom. The highest BCUT2D eigenvalue weighted by molar-refractivity contribution is 5.37. The van der Waals surface area contributed by atoms with E-state index in [1.54, 1.807) is 0 Å². The minimum atomic E-state index is 0.323. The number of benzene rings is 1. The number of hydrogen-bond acceptors (Lipinski definition) is 3. The minimum absolute atomic E-state index is 0.323. The van der Waals surface area contributed by atoms with E-state index >= 15 is 0 Å². The lowest BCUT2D eigenvalue weighted by Crippen LogP contribution is -2.54. The van der Waals surface area contributed by atoms with Gasteiger partial charge in [0.15, 0.2) is 0 Å². The van der Waals surface area contributed by atoms with Crippen LogP contribution in [0.1, 0.15) is 11.1 Å². The van der Waals surface area contributed by atoms with Crippen LogP contribution in [-0.4, -0.2) is 24.0 Å². The van der Waals surface area contributed by atoms with Crippen LogP contribution in [0.15, 0.2) is 24.3 Å². The molecule has 1 saturated heterocycles. The second-order valence-corrected chi connectivity index (χ2v) is 3.72. The van der Waals surface area contributed by atoms with Crippen LogP contribution < -0.4 is 5.73 Å². The molecule has 0 bridgehead atoms. The lowest BCUT2D eigenvalue weighted by Gasteiger charge is -2.36. The molecule has 1 aliphatic rings. The Morgan fingerprint density at radius 3 is 2.79 bits per heavy atom. The molecule has 0 aliphatic carbocycles. The molecule has 72 valence electrons. The van der Waals surface area contributed by atoms with Crippen molar-refractivity contribution in [2.24, 2.45) is 5.73 Å². The van der Waals surface area contributed by atoms with E-state index in [0.717, 1.165) is 30.8 Å². The molecule has 0 unspecified atom stereocenters. The monoisotopic (exact) mass is 187 g/mol. The molecule has 0 spiro atoms. The molecule has 1 aromatic carbocycles. The van der Waals surface area contributed by atoms with Crippen LogP contribution in [0.2, 0.25) is 0 Å². The molecule has 3 nitrogen and oxygen atoms in total. The average molecular weight is 187 g/mol. The van der Waals surface area contributed by atoms with Gasteiger partial charge < -0.3 is 5.73 Å². The van der Waals surface area contributed by atoms with Gasteiger partial charge in [0.2, 0.25) is 0 Å². The summed E-state index contributed by atoms with van der Waals surface area (Å²) in [6.45, 7) is 2.73. The molecule has 0 saturated carbocycles. The molecule has 0 atom stereocenters. The lowest BCUT2D eigenvalue weighted by atomic mass is 10.0. The number of nitrogens with zero attached hydrogens (tertiary/aromatic N) is 2. The zero-order chi connectivity index (χ0) is 9.97. The molecular weight excluding hydrogens is 174 g/mol. The van der Waals surface area contributed by atoms with Crippen molar-refractivity contribution in [2.75, 3.05) is 13.1 Å². The normalized spacial score (nSPS) is 17.4. The number of rotatable bonds is 2. The maximum atomic E-state index is 8.88. The first-order chi connectivity index (χ1) is 6.79.